The zero-order valence-electron chi connectivity index (χ0n) is 52.1. The van der Waals surface area contributed by atoms with Gasteiger partial charge in [0.15, 0.2) is 6.10 Å². The van der Waals surface area contributed by atoms with E-state index in [2.05, 4.69) is 118 Å². The van der Waals surface area contributed by atoms with Crippen LogP contribution < -0.4 is 0 Å². The molecule has 0 aromatic heterocycles. The summed E-state index contributed by atoms with van der Waals surface area (Å²) in [6.07, 6.45) is 89.9. The van der Waals surface area contributed by atoms with E-state index in [1.807, 2.05) is 0 Å². The summed E-state index contributed by atoms with van der Waals surface area (Å²) in [5.41, 5.74) is 0. The molecular weight excluding hydrogens is 973 g/mol. The molecule has 0 N–H and O–H groups in total. The van der Waals surface area contributed by atoms with Crippen molar-refractivity contribution in [2.45, 2.75) is 335 Å². The van der Waals surface area contributed by atoms with Crippen molar-refractivity contribution in [3.8, 4) is 0 Å². The maximum Gasteiger partial charge on any atom is 0.306 e. The highest BCUT2D eigenvalue weighted by atomic mass is 16.6. The van der Waals surface area contributed by atoms with Crippen molar-refractivity contribution in [3.63, 3.8) is 0 Å². The third kappa shape index (κ3) is 65.0. The largest absolute Gasteiger partial charge is 0.462 e. The molecule has 454 valence electrons. The van der Waals surface area contributed by atoms with Crippen molar-refractivity contribution in [1.82, 2.24) is 0 Å². The lowest BCUT2D eigenvalue weighted by molar-refractivity contribution is -0.167. The maximum atomic E-state index is 12.9. The van der Waals surface area contributed by atoms with Crippen molar-refractivity contribution < 1.29 is 28.6 Å². The number of unbranched alkanes of at least 4 members (excludes halogenated alkanes) is 34. The zero-order valence-corrected chi connectivity index (χ0v) is 52.1. The van der Waals surface area contributed by atoms with E-state index in [9.17, 15) is 14.4 Å². The van der Waals surface area contributed by atoms with E-state index < -0.39 is 6.10 Å². The van der Waals surface area contributed by atoms with Crippen LogP contribution in [-0.2, 0) is 28.6 Å². The molecule has 0 aromatic rings. The molecule has 0 aliphatic heterocycles. The van der Waals surface area contributed by atoms with E-state index in [4.69, 9.17) is 14.2 Å². The van der Waals surface area contributed by atoms with Gasteiger partial charge in [-0.05, 0) is 122 Å². The molecule has 0 aliphatic carbocycles. The molecule has 6 heteroatoms. The summed E-state index contributed by atoms with van der Waals surface area (Å²) in [5.74, 6) is -0.892. The predicted molar refractivity (Wildman–Crippen MR) is 344 cm³/mol. The molecule has 0 aliphatic rings. The van der Waals surface area contributed by atoms with E-state index in [1.54, 1.807) is 0 Å². The Kier molecular flexibility index (Phi) is 63.7. The second-order valence-electron chi connectivity index (χ2n) is 22.3. The van der Waals surface area contributed by atoms with Crippen molar-refractivity contribution >= 4 is 17.9 Å². The highest BCUT2D eigenvalue weighted by Gasteiger charge is 2.19. The topological polar surface area (TPSA) is 78.9 Å². The molecule has 1 unspecified atom stereocenters. The lowest BCUT2D eigenvalue weighted by Crippen LogP contribution is -2.30. The van der Waals surface area contributed by atoms with Crippen molar-refractivity contribution in [2.24, 2.45) is 0 Å². The van der Waals surface area contributed by atoms with Gasteiger partial charge in [0.25, 0.3) is 0 Å². The Balaban J connectivity index is 4.33. The van der Waals surface area contributed by atoms with Gasteiger partial charge in [0.1, 0.15) is 13.2 Å². The van der Waals surface area contributed by atoms with Gasteiger partial charge in [0.05, 0.1) is 0 Å². The van der Waals surface area contributed by atoms with Gasteiger partial charge in [-0.25, -0.2) is 0 Å². The van der Waals surface area contributed by atoms with Crippen LogP contribution in [0.1, 0.15) is 329 Å². The molecule has 0 bridgehead atoms. The van der Waals surface area contributed by atoms with Crippen LogP contribution in [-0.4, -0.2) is 37.2 Å². The summed E-state index contributed by atoms with van der Waals surface area (Å²) in [6, 6.07) is 0. The van der Waals surface area contributed by atoms with E-state index in [1.165, 1.54) is 180 Å². The Labute approximate surface area is 489 Å². The van der Waals surface area contributed by atoms with Crippen molar-refractivity contribution in [3.05, 3.63) is 97.2 Å². The molecule has 0 amide bonds. The van der Waals surface area contributed by atoms with Crippen LogP contribution in [0.4, 0.5) is 0 Å². The SMILES string of the molecule is CC/C=C\C/C=C\C/C=C\CCCCCCCCCC(=O)OC(COC(=O)CCCCCCCCC/C=C\C/C=C\CCCCC)COC(=O)CCCCCCCCCCCCCC/C=C\C/C=C\C/C=C\CCCCCCC. The molecule has 0 rings (SSSR count). The Morgan fingerprint density at radius 3 is 0.797 bits per heavy atom. The lowest BCUT2D eigenvalue weighted by Gasteiger charge is -2.18. The lowest BCUT2D eigenvalue weighted by atomic mass is 10.0. The fourth-order valence-corrected chi connectivity index (χ4v) is 9.50. The first-order valence-corrected chi connectivity index (χ1v) is 33.7. The molecule has 0 saturated heterocycles. The quantitative estimate of drug-likeness (QED) is 0.0261. The maximum absolute atomic E-state index is 12.9. The van der Waals surface area contributed by atoms with Gasteiger partial charge in [-0.2, -0.15) is 0 Å². The summed E-state index contributed by atoms with van der Waals surface area (Å²) in [7, 11) is 0. The summed E-state index contributed by atoms with van der Waals surface area (Å²) in [4.78, 5) is 38.4. The first-order chi connectivity index (χ1) is 39.0. The standard InChI is InChI=1S/C73H126O6/c1-4-7-10-13-16-19-22-25-28-31-32-33-34-35-36-37-38-39-40-43-45-48-51-54-57-60-63-66-72(75)78-69-70(79-73(76)67-64-61-58-55-52-49-46-42-30-27-24-21-18-15-12-9-6-3)68-77-71(74)65-62-59-56-53-50-47-44-41-29-26-23-20-17-14-11-8-5-2/h9,12,17-18,20-22,25-27,29-32,34-35,70H,4-8,10-11,13-16,19,23-24,28,33,36-69H2,1-3H3/b12-9-,20-17-,21-18-,25-22-,29-26-,30-27-,32-31-,35-34-. The van der Waals surface area contributed by atoms with Crippen LogP contribution in [0.3, 0.4) is 0 Å². The van der Waals surface area contributed by atoms with E-state index in [0.29, 0.717) is 19.3 Å². The average Bonchev–Trinajstić information content (AvgIpc) is 3.45. The predicted octanol–water partition coefficient (Wildman–Crippen LogP) is 23.2. The van der Waals surface area contributed by atoms with Gasteiger partial charge in [0.2, 0.25) is 0 Å². The molecule has 0 spiro atoms. The third-order valence-corrected chi connectivity index (χ3v) is 14.5. The van der Waals surface area contributed by atoms with Gasteiger partial charge in [-0.1, -0.05) is 285 Å². The molecule has 0 aromatic carbocycles. The average molecular weight is 1100 g/mol. The number of carbonyl (C=O) groups is 3. The zero-order chi connectivity index (χ0) is 57.1. The Bertz CT molecular complexity index is 1540. The number of hydrogen-bond donors (Lipinski definition) is 0. The number of hydrogen-bond acceptors (Lipinski definition) is 6. The van der Waals surface area contributed by atoms with Gasteiger partial charge in [0, 0.05) is 19.3 Å². The van der Waals surface area contributed by atoms with Gasteiger partial charge < -0.3 is 14.2 Å². The molecule has 0 heterocycles. The molecule has 0 saturated carbocycles. The first-order valence-electron chi connectivity index (χ1n) is 33.7. The Hall–Kier alpha value is -3.67. The Morgan fingerprint density at radius 2 is 0.494 bits per heavy atom. The monoisotopic (exact) mass is 1100 g/mol. The normalized spacial score (nSPS) is 12.7. The summed E-state index contributed by atoms with van der Waals surface area (Å²) in [6.45, 7) is 6.51. The van der Waals surface area contributed by atoms with Crippen LogP contribution >= 0.6 is 0 Å². The number of rotatable bonds is 61. The molecule has 79 heavy (non-hydrogen) atoms. The minimum Gasteiger partial charge on any atom is -0.462 e. The fraction of sp³-hybridized carbons (Fsp3) is 0.740. The van der Waals surface area contributed by atoms with E-state index in [-0.39, 0.29) is 31.1 Å². The minimum atomic E-state index is -0.789. The van der Waals surface area contributed by atoms with Gasteiger partial charge in [-0.3, -0.25) is 14.4 Å². The summed E-state index contributed by atoms with van der Waals surface area (Å²) in [5, 5.41) is 0. The molecular formula is C73H126O6. The van der Waals surface area contributed by atoms with Crippen LogP contribution in [0.2, 0.25) is 0 Å². The number of ether oxygens (including phenoxy) is 3. The van der Waals surface area contributed by atoms with Gasteiger partial charge in [-0.15, -0.1) is 0 Å². The van der Waals surface area contributed by atoms with Crippen LogP contribution in [0.25, 0.3) is 0 Å². The van der Waals surface area contributed by atoms with E-state index >= 15 is 0 Å². The molecule has 0 radical (unpaired) electrons. The molecule has 6 nitrogen and oxygen atoms in total. The second-order valence-corrected chi connectivity index (χ2v) is 22.3. The summed E-state index contributed by atoms with van der Waals surface area (Å²) < 4.78 is 17.0. The van der Waals surface area contributed by atoms with Crippen LogP contribution in [0.15, 0.2) is 97.2 Å². The molecule has 0 fully saturated rings. The second kappa shape index (κ2) is 66.8. The number of allylic oxidation sites excluding steroid dienone is 16. The van der Waals surface area contributed by atoms with Crippen LogP contribution in [0, 0.1) is 0 Å². The smallest absolute Gasteiger partial charge is 0.306 e. The number of carbonyl (C=O) groups excluding carboxylic acids is 3. The van der Waals surface area contributed by atoms with E-state index in [0.717, 1.165) is 109 Å². The minimum absolute atomic E-state index is 0.0843. The summed E-state index contributed by atoms with van der Waals surface area (Å²) >= 11 is 0. The first kappa shape index (κ1) is 75.3. The third-order valence-electron chi connectivity index (χ3n) is 14.5. The van der Waals surface area contributed by atoms with Gasteiger partial charge >= 0.3 is 17.9 Å². The fourth-order valence-electron chi connectivity index (χ4n) is 9.50. The van der Waals surface area contributed by atoms with Crippen molar-refractivity contribution in [1.29, 1.82) is 0 Å². The molecule has 1 atom stereocenters. The number of esters is 3. The highest BCUT2D eigenvalue weighted by Crippen LogP contribution is 2.16. The highest BCUT2D eigenvalue weighted by molar-refractivity contribution is 5.71. The van der Waals surface area contributed by atoms with Crippen LogP contribution in [0.5, 0.6) is 0 Å². The Morgan fingerprint density at radius 1 is 0.266 bits per heavy atom. The van der Waals surface area contributed by atoms with Crippen molar-refractivity contribution in [2.75, 3.05) is 13.2 Å².